The molecule has 1 aliphatic carbocycles. The molecule has 1 N–H and O–H groups in total. The van der Waals surface area contributed by atoms with Gasteiger partial charge < -0.3 is 9.84 Å². The van der Waals surface area contributed by atoms with Gasteiger partial charge in [-0.3, -0.25) is 0 Å². The Morgan fingerprint density at radius 3 is 2.89 bits per heavy atom. The second kappa shape index (κ2) is 4.48. The monoisotopic (exact) mass is 264 g/mol. The molecule has 3 heteroatoms. The van der Waals surface area contributed by atoms with Crippen LogP contribution in [0, 0.1) is 17.7 Å². The summed E-state index contributed by atoms with van der Waals surface area (Å²) in [6.45, 7) is 4.45. The average molecular weight is 264 g/mol. The summed E-state index contributed by atoms with van der Waals surface area (Å²) in [6.07, 6.45) is 3.25. The van der Waals surface area contributed by atoms with Gasteiger partial charge in [0.25, 0.3) is 0 Å². The Hall–Kier alpha value is -1.09. The van der Waals surface area contributed by atoms with E-state index < -0.39 is 6.10 Å². The van der Waals surface area contributed by atoms with Gasteiger partial charge in [0.2, 0.25) is 0 Å². The number of benzene rings is 1. The first-order chi connectivity index (χ1) is 9.00. The molecule has 0 saturated heterocycles. The summed E-state index contributed by atoms with van der Waals surface area (Å²) in [5.41, 5.74) is 0.407. The molecule has 4 atom stereocenters. The van der Waals surface area contributed by atoms with E-state index in [-0.39, 0.29) is 11.4 Å². The molecule has 1 fully saturated rings. The summed E-state index contributed by atoms with van der Waals surface area (Å²) in [4.78, 5) is 0. The topological polar surface area (TPSA) is 29.5 Å². The normalized spacial score (nSPS) is 37.8. The van der Waals surface area contributed by atoms with Crippen molar-refractivity contribution in [3.05, 3.63) is 29.6 Å². The minimum Gasteiger partial charge on any atom is -0.486 e. The molecule has 2 aliphatic rings. The number of fused-ring (bicyclic) bond motifs is 1. The molecule has 0 radical (unpaired) electrons. The first-order valence-corrected chi connectivity index (χ1v) is 7.17. The lowest BCUT2D eigenvalue weighted by Gasteiger charge is -2.48. The van der Waals surface area contributed by atoms with E-state index in [9.17, 15) is 9.50 Å². The highest BCUT2D eigenvalue weighted by Crippen LogP contribution is 2.49. The molecule has 2 nitrogen and oxygen atoms in total. The van der Waals surface area contributed by atoms with Crippen LogP contribution < -0.4 is 4.74 Å². The fourth-order valence-corrected chi connectivity index (χ4v) is 3.70. The quantitative estimate of drug-likeness (QED) is 0.771. The minimum atomic E-state index is -0.541. The van der Waals surface area contributed by atoms with Crippen molar-refractivity contribution >= 4 is 0 Å². The second-order valence-corrected chi connectivity index (χ2v) is 6.35. The highest BCUT2D eigenvalue weighted by atomic mass is 19.1. The van der Waals surface area contributed by atoms with Crippen molar-refractivity contribution < 1.29 is 14.2 Å². The largest absolute Gasteiger partial charge is 0.486 e. The molecule has 4 unspecified atom stereocenters. The number of halogens is 1. The molecular formula is C16H21FO2. The molecule has 19 heavy (non-hydrogen) atoms. The molecule has 1 aliphatic heterocycles. The Kier molecular flexibility index (Phi) is 3.05. The van der Waals surface area contributed by atoms with E-state index >= 15 is 0 Å². The third kappa shape index (κ3) is 2.14. The molecule has 1 saturated carbocycles. The summed E-state index contributed by atoms with van der Waals surface area (Å²) in [7, 11) is 0. The SMILES string of the molecule is CC1CCC2(CC(O)c3ccc(F)cc3O2)C(C)C1. The smallest absolute Gasteiger partial charge is 0.128 e. The van der Waals surface area contributed by atoms with Gasteiger partial charge in [0.05, 0.1) is 6.10 Å². The Balaban J connectivity index is 1.95. The van der Waals surface area contributed by atoms with Crippen LogP contribution in [0.2, 0.25) is 0 Å². The number of hydrogen-bond donors (Lipinski definition) is 1. The van der Waals surface area contributed by atoms with Crippen molar-refractivity contribution in [1.29, 1.82) is 0 Å². The van der Waals surface area contributed by atoms with Crippen molar-refractivity contribution in [3.8, 4) is 5.75 Å². The third-order valence-electron chi connectivity index (χ3n) is 4.90. The van der Waals surface area contributed by atoms with Gasteiger partial charge in [-0.1, -0.05) is 13.8 Å². The van der Waals surface area contributed by atoms with E-state index in [2.05, 4.69) is 13.8 Å². The van der Waals surface area contributed by atoms with Crippen LogP contribution in [0.5, 0.6) is 5.75 Å². The summed E-state index contributed by atoms with van der Waals surface area (Å²) in [5.74, 6) is 1.32. The summed E-state index contributed by atoms with van der Waals surface area (Å²) in [5, 5.41) is 10.4. The summed E-state index contributed by atoms with van der Waals surface area (Å²) >= 11 is 0. The van der Waals surface area contributed by atoms with Gasteiger partial charge in [-0.15, -0.1) is 0 Å². The van der Waals surface area contributed by atoms with E-state index in [0.29, 0.717) is 24.0 Å². The minimum absolute atomic E-state index is 0.306. The number of aliphatic hydroxyl groups is 1. The fourth-order valence-electron chi connectivity index (χ4n) is 3.70. The molecule has 1 spiro atoms. The van der Waals surface area contributed by atoms with Crippen molar-refractivity contribution in [1.82, 2.24) is 0 Å². The van der Waals surface area contributed by atoms with Crippen molar-refractivity contribution in [2.24, 2.45) is 11.8 Å². The number of rotatable bonds is 0. The van der Waals surface area contributed by atoms with Gasteiger partial charge in [-0.25, -0.2) is 4.39 Å². The van der Waals surface area contributed by atoms with Crippen LogP contribution in [-0.2, 0) is 0 Å². The van der Waals surface area contributed by atoms with Gasteiger partial charge >= 0.3 is 0 Å². The number of hydrogen-bond acceptors (Lipinski definition) is 2. The molecule has 0 aromatic heterocycles. The Morgan fingerprint density at radius 1 is 1.37 bits per heavy atom. The average Bonchev–Trinajstić information content (AvgIpc) is 2.34. The molecule has 104 valence electrons. The van der Waals surface area contributed by atoms with Crippen LogP contribution in [0.15, 0.2) is 18.2 Å². The molecule has 0 bridgehead atoms. The number of ether oxygens (including phenoxy) is 1. The molecule has 0 amide bonds. The van der Waals surface area contributed by atoms with Gasteiger partial charge in [0.1, 0.15) is 17.2 Å². The van der Waals surface area contributed by atoms with E-state index in [4.69, 9.17) is 4.74 Å². The molecule has 1 aromatic carbocycles. The van der Waals surface area contributed by atoms with Gasteiger partial charge in [0, 0.05) is 18.1 Å². The predicted octanol–water partition coefficient (Wildman–Crippen LogP) is 3.84. The van der Waals surface area contributed by atoms with Crippen LogP contribution in [-0.4, -0.2) is 10.7 Å². The van der Waals surface area contributed by atoms with E-state index in [1.54, 1.807) is 6.07 Å². The van der Waals surface area contributed by atoms with Gasteiger partial charge in [-0.05, 0) is 43.2 Å². The van der Waals surface area contributed by atoms with Crippen LogP contribution in [0.25, 0.3) is 0 Å². The second-order valence-electron chi connectivity index (χ2n) is 6.35. The highest BCUT2D eigenvalue weighted by Gasteiger charge is 2.47. The van der Waals surface area contributed by atoms with Crippen molar-refractivity contribution in [3.63, 3.8) is 0 Å². The van der Waals surface area contributed by atoms with E-state index in [1.165, 1.54) is 12.1 Å². The molecule has 1 heterocycles. The zero-order valence-electron chi connectivity index (χ0n) is 11.5. The van der Waals surface area contributed by atoms with Crippen LogP contribution in [0.1, 0.15) is 51.2 Å². The summed E-state index contributed by atoms with van der Waals surface area (Å²) < 4.78 is 19.5. The lowest BCUT2D eigenvalue weighted by Crippen LogP contribution is -2.49. The van der Waals surface area contributed by atoms with Crippen molar-refractivity contribution in [2.45, 2.75) is 51.2 Å². The van der Waals surface area contributed by atoms with Gasteiger partial charge in [0.15, 0.2) is 0 Å². The first kappa shape index (κ1) is 12.9. The van der Waals surface area contributed by atoms with E-state index in [0.717, 1.165) is 24.8 Å². The summed E-state index contributed by atoms with van der Waals surface area (Å²) in [6, 6.07) is 4.43. The van der Waals surface area contributed by atoms with Crippen LogP contribution >= 0.6 is 0 Å². The molecule has 3 rings (SSSR count). The maximum atomic E-state index is 13.4. The lowest BCUT2D eigenvalue weighted by molar-refractivity contribution is -0.0804. The van der Waals surface area contributed by atoms with Crippen LogP contribution in [0.4, 0.5) is 4.39 Å². The van der Waals surface area contributed by atoms with Crippen molar-refractivity contribution in [2.75, 3.05) is 0 Å². The Labute approximate surface area is 113 Å². The maximum Gasteiger partial charge on any atom is 0.128 e. The molecular weight excluding hydrogens is 243 g/mol. The number of aliphatic hydroxyl groups excluding tert-OH is 1. The Bertz CT molecular complexity index is 488. The van der Waals surface area contributed by atoms with Gasteiger partial charge in [-0.2, -0.15) is 0 Å². The zero-order chi connectivity index (χ0) is 13.6. The first-order valence-electron chi connectivity index (χ1n) is 7.17. The predicted molar refractivity (Wildman–Crippen MR) is 71.5 cm³/mol. The lowest BCUT2D eigenvalue weighted by atomic mass is 9.68. The Morgan fingerprint density at radius 2 is 2.16 bits per heavy atom. The highest BCUT2D eigenvalue weighted by molar-refractivity contribution is 5.38. The standard InChI is InChI=1S/C16H21FO2/c1-10-5-6-16(11(2)7-10)9-14(18)13-4-3-12(17)8-15(13)19-16/h3-4,8,10-11,14,18H,5-7,9H2,1-2H3. The van der Waals surface area contributed by atoms with E-state index in [1.807, 2.05) is 0 Å². The fraction of sp³-hybridized carbons (Fsp3) is 0.625. The third-order valence-corrected chi connectivity index (χ3v) is 4.90. The maximum absolute atomic E-state index is 13.4. The zero-order valence-corrected chi connectivity index (χ0v) is 11.5. The molecule has 1 aromatic rings. The van der Waals surface area contributed by atoms with Crippen LogP contribution in [0.3, 0.4) is 0 Å².